The molecule has 1 N–H and O–H groups in total. The van der Waals surface area contributed by atoms with Crippen molar-refractivity contribution < 1.29 is 28.8 Å². The molecule has 1 atom stereocenters. The smallest absolute Gasteiger partial charge is 0.295 e. The third-order valence-electron chi connectivity index (χ3n) is 4.70. The third kappa shape index (κ3) is 4.25. The summed E-state index contributed by atoms with van der Waals surface area (Å²) in [6.07, 6.45) is 1.96. The summed E-state index contributed by atoms with van der Waals surface area (Å²) in [4.78, 5) is 37.1. The third-order valence-corrected chi connectivity index (χ3v) is 4.70. The van der Waals surface area contributed by atoms with Gasteiger partial charge >= 0.3 is 0 Å². The predicted molar refractivity (Wildman–Crippen MR) is 107 cm³/mol. The first kappa shape index (κ1) is 21.3. The van der Waals surface area contributed by atoms with E-state index in [1.165, 1.54) is 35.4 Å². The summed E-state index contributed by atoms with van der Waals surface area (Å²) in [5.41, 5.74) is -0.0772. The molecular weight excluding hydrogens is 392 g/mol. The molecule has 3 rings (SSSR count). The highest BCUT2D eigenvalue weighted by Gasteiger charge is 2.47. The van der Waals surface area contributed by atoms with Crippen LogP contribution in [0.25, 0.3) is 5.76 Å². The van der Waals surface area contributed by atoms with Crippen molar-refractivity contribution in [2.75, 3.05) is 13.2 Å². The molecule has 0 radical (unpaired) electrons. The van der Waals surface area contributed by atoms with Crippen LogP contribution in [0.15, 0.2) is 52.7 Å². The van der Waals surface area contributed by atoms with E-state index in [1.54, 1.807) is 12.1 Å². The Morgan fingerprint density at radius 2 is 1.97 bits per heavy atom. The number of hydrogen-bond donors (Lipinski definition) is 1. The molecular formula is C21H22N2O7. The monoisotopic (exact) mass is 414 g/mol. The summed E-state index contributed by atoms with van der Waals surface area (Å²) < 4.78 is 10.9. The Labute approximate surface area is 172 Å². The SMILES string of the molecule is CC(C)OCCCN1C(=O)C(=O)C(=C(O)c2ccc([N+](=O)[O-])cc2)[C@@H]1c1ccco1. The fourth-order valence-electron chi connectivity index (χ4n) is 3.30. The highest BCUT2D eigenvalue weighted by molar-refractivity contribution is 6.46. The lowest BCUT2D eigenvalue weighted by Gasteiger charge is -2.23. The lowest BCUT2D eigenvalue weighted by molar-refractivity contribution is -0.384. The Kier molecular flexibility index (Phi) is 6.31. The number of amides is 1. The van der Waals surface area contributed by atoms with Crippen molar-refractivity contribution in [1.29, 1.82) is 0 Å². The first-order chi connectivity index (χ1) is 14.3. The number of rotatable bonds is 8. The van der Waals surface area contributed by atoms with Gasteiger partial charge < -0.3 is 19.2 Å². The first-order valence-electron chi connectivity index (χ1n) is 9.49. The number of carbonyl (C=O) groups excluding carboxylic acids is 2. The van der Waals surface area contributed by atoms with E-state index >= 15 is 0 Å². The molecule has 1 aliphatic heterocycles. The zero-order valence-corrected chi connectivity index (χ0v) is 16.6. The number of nitro groups is 1. The molecule has 0 aliphatic carbocycles. The Hall–Kier alpha value is -3.46. The first-order valence-corrected chi connectivity index (χ1v) is 9.49. The number of aliphatic hydroxyl groups excluding tert-OH is 1. The average molecular weight is 414 g/mol. The predicted octanol–water partition coefficient (Wildman–Crippen LogP) is 3.42. The topological polar surface area (TPSA) is 123 Å². The molecule has 0 spiro atoms. The number of furan rings is 1. The van der Waals surface area contributed by atoms with Crippen molar-refractivity contribution in [3.63, 3.8) is 0 Å². The van der Waals surface area contributed by atoms with Gasteiger partial charge in [0.2, 0.25) is 0 Å². The van der Waals surface area contributed by atoms with Gasteiger partial charge in [-0.1, -0.05) is 0 Å². The summed E-state index contributed by atoms with van der Waals surface area (Å²) in [7, 11) is 0. The molecule has 0 bridgehead atoms. The molecule has 9 nitrogen and oxygen atoms in total. The minimum Gasteiger partial charge on any atom is -0.507 e. The van der Waals surface area contributed by atoms with Crippen molar-refractivity contribution in [3.8, 4) is 0 Å². The molecule has 1 fully saturated rings. The number of benzene rings is 1. The largest absolute Gasteiger partial charge is 0.507 e. The number of ketones is 1. The van der Waals surface area contributed by atoms with Gasteiger partial charge in [-0.3, -0.25) is 19.7 Å². The number of nitrogens with zero attached hydrogens (tertiary/aromatic N) is 2. The van der Waals surface area contributed by atoms with Crippen LogP contribution in [-0.2, 0) is 14.3 Å². The van der Waals surface area contributed by atoms with E-state index in [2.05, 4.69) is 0 Å². The second kappa shape index (κ2) is 8.91. The maximum atomic E-state index is 12.8. The molecule has 30 heavy (non-hydrogen) atoms. The van der Waals surface area contributed by atoms with Crippen molar-refractivity contribution in [1.82, 2.24) is 4.90 Å². The fourth-order valence-corrected chi connectivity index (χ4v) is 3.30. The number of aliphatic hydroxyl groups is 1. The molecule has 1 aromatic carbocycles. The summed E-state index contributed by atoms with van der Waals surface area (Å²) in [5.74, 6) is -1.66. The molecule has 2 heterocycles. The highest BCUT2D eigenvalue weighted by Crippen LogP contribution is 2.39. The van der Waals surface area contributed by atoms with E-state index in [4.69, 9.17) is 9.15 Å². The molecule has 0 saturated carbocycles. The standard InChI is InChI=1S/C21H22N2O7/c1-13(2)29-12-4-10-22-18(16-5-3-11-30-16)17(20(25)21(22)26)19(24)14-6-8-15(9-7-14)23(27)28/h3,5-9,11,13,18,24H,4,10,12H2,1-2H3/t18-/m0/s1. The minimum atomic E-state index is -0.894. The van der Waals surface area contributed by atoms with Crippen molar-refractivity contribution >= 4 is 23.1 Å². The number of likely N-dealkylation sites (tertiary alicyclic amines) is 1. The van der Waals surface area contributed by atoms with E-state index in [9.17, 15) is 24.8 Å². The normalized spacial score (nSPS) is 18.4. The summed E-state index contributed by atoms with van der Waals surface area (Å²) >= 11 is 0. The van der Waals surface area contributed by atoms with Crippen LogP contribution >= 0.6 is 0 Å². The summed E-state index contributed by atoms with van der Waals surface area (Å²) in [6, 6.07) is 7.45. The summed E-state index contributed by atoms with van der Waals surface area (Å²) in [6.45, 7) is 4.45. The van der Waals surface area contributed by atoms with Gasteiger partial charge in [-0.15, -0.1) is 0 Å². The molecule has 158 valence electrons. The molecule has 1 amide bonds. The number of carbonyl (C=O) groups is 2. The Morgan fingerprint density at radius 3 is 2.53 bits per heavy atom. The van der Waals surface area contributed by atoms with Gasteiger partial charge in [0, 0.05) is 30.8 Å². The molecule has 1 aromatic heterocycles. The molecule has 2 aromatic rings. The van der Waals surface area contributed by atoms with Gasteiger partial charge in [-0.2, -0.15) is 0 Å². The van der Waals surface area contributed by atoms with Gasteiger partial charge in [-0.25, -0.2) is 0 Å². The van der Waals surface area contributed by atoms with Crippen molar-refractivity contribution in [3.05, 3.63) is 69.7 Å². The van der Waals surface area contributed by atoms with Crippen LogP contribution in [0, 0.1) is 10.1 Å². The molecule has 9 heteroatoms. The van der Waals surface area contributed by atoms with Crippen LogP contribution in [0.3, 0.4) is 0 Å². The second-order valence-electron chi connectivity index (χ2n) is 7.08. The maximum absolute atomic E-state index is 12.8. The Balaban J connectivity index is 1.97. The van der Waals surface area contributed by atoms with E-state index in [0.29, 0.717) is 18.8 Å². The van der Waals surface area contributed by atoms with Gasteiger partial charge in [0.15, 0.2) is 0 Å². The maximum Gasteiger partial charge on any atom is 0.295 e. The lowest BCUT2D eigenvalue weighted by Crippen LogP contribution is -2.31. The van der Waals surface area contributed by atoms with Crippen molar-refractivity contribution in [2.24, 2.45) is 0 Å². The Morgan fingerprint density at radius 1 is 1.27 bits per heavy atom. The fraction of sp³-hybridized carbons (Fsp3) is 0.333. The van der Waals surface area contributed by atoms with Crippen LogP contribution < -0.4 is 0 Å². The van der Waals surface area contributed by atoms with E-state index < -0.39 is 28.4 Å². The minimum absolute atomic E-state index is 0.0448. The molecule has 0 unspecified atom stereocenters. The van der Waals surface area contributed by atoms with Gasteiger partial charge in [0.05, 0.1) is 22.9 Å². The zero-order valence-electron chi connectivity index (χ0n) is 16.6. The zero-order chi connectivity index (χ0) is 21.8. The van der Waals surface area contributed by atoms with Crippen LogP contribution in [-0.4, -0.2) is 45.9 Å². The van der Waals surface area contributed by atoms with E-state index in [1.807, 2.05) is 13.8 Å². The number of non-ortho nitro benzene ring substituents is 1. The van der Waals surface area contributed by atoms with Crippen LogP contribution in [0.1, 0.15) is 37.6 Å². The van der Waals surface area contributed by atoms with Crippen LogP contribution in [0.5, 0.6) is 0 Å². The van der Waals surface area contributed by atoms with Gasteiger partial charge in [0.1, 0.15) is 17.6 Å². The number of Topliss-reactive ketones (excluding diaryl/α,β-unsaturated/α-hetero) is 1. The van der Waals surface area contributed by atoms with Gasteiger partial charge in [-0.05, 0) is 44.5 Å². The quantitative estimate of drug-likeness (QED) is 0.175. The lowest BCUT2D eigenvalue weighted by atomic mass is 9.99. The van der Waals surface area contributed by atoms with E-state index in [0.717, 1.165) is 0 Å². The Bertz CT molecular complexity index is 962. The van der Waals surface area contributed by atoms with Gasteiger partial charge in [0.25, 0.3) is 17.4 Å². The van der Waals surface area contributed by atoms with Crippen LogP contribution in [0.4, 0.5) is 5.69 Å². The molecule has 1 saturated heterocycles. The van der Waals surface area contributed by atoms with Crippen LogP contribution in [0.2, 0.25) is 0 Å². The number of nitro benzene ring substituents is 1. The highest BCUT2D eigenvalue weighted by atomic mass is 16.6. The van der Waals surface area contributed by atoms with E-state index in [-0.39, 0.29) is 29.5 Å². The number of ether oxygens (including phenoxy) is 1. The van der Waals surface area contributed by atoms with Crippen molar-refractivity contribution in [2.45, 2.75) is 32.4 Å². The average Bonchev–Trinajstić information content (AvgIpc) is 3.32. The summed E-state index contributed by atoms with van der Waals surface area (Å²) in [5, 5.41) is 21.7. The molecule has 1 aliphatic rings. The number of hydrogen-bond acceptors (Lipinski definition) is 7. The second-order valence-corrected chi connectivity index (χ2v) is 7.08.